The third-order valence-corrected chi connectivity index (χ3v) is 3.22. The first-order valence-corrected chi connectivity index (χ1v) is 6.23. The smallest absolute Gasteiger partial charge is 0.142 e. The molecule has 3 N–H and O–H groups in total. The molecule has 2 rings (SSSR count). The van der Waals surface area contributed by atoms with Crippen molar-refractivity contribution in [2.75, 3.05) is 0 Å². The van der Waals surface area contributed by atoms with Gasteiger partial charge in [-0.2, -0.15) is 0 Å². The van der Waals surface area contributed by atoms with E-state index in [2.05, 4.69) is 5.43 Å². The van der Waals surface area contributed by atoms with Gasteiger partial charge in [-0.3, -0.25) is 11.3 Å². The monoisotopic (exact) mass is 300 g/mol. The van der Waals surface area contributed by atoms with Gasteiger partial charge in [-0.25, -0.2) is 13.2 Å². The summed E-state index contributed by atoms with van der Waals surface area (Å²) in [6.45, 7) is 0. The molecule has 6 heteroatoms. The number of hydrogen-bond donors (Lipinski definition) is 2. The predicted octanol–water partition coefficient (Wildman–Crippen LogP) is 3.50. The van der Waals surface area contributed by atoms with Gasteiger partial charge in [0.1, 0.15) is 17.5 Å². The molecule has 0 heterocycles. The molecule has 1 atom stereocenters. The number of rotatable bonds is 4. The molecule has 0 radical (unpaired) electrons. The van der Waals surface area contributed by atoms with Crippen molar-refractivity contribution in [3.63, 3.8) is 0 Å². The molecular formula is C14H12ClF3N2. The lowest BCUT2D eigenvalue weighted by Crippen LogP contribution is -2.29. The van der Waals surface area contributed by atoms with Crippen LogP contribution in [0.2, 0.25) is 5.02 Å². The van der Waals surface area contributed by atoms with Crippen LogP contribution in [0.3, 0.4) is 0 Å². The van der Waals surface area contributed by atoms with Gasteiger partial charge in [-0.1, -0.05) is 17.7 Å². The van der Waals surface area contributed by atoms with E-state index in [-0.39, 0.29) is 11.4 Å². The molecule has 0 aliphatic carbocycles. The Morgan fingerprint density at radius 2 is 1.70 bits per heavy atom. The molecule has 0 bridgehead atoms. The molecule has 0 fully saturated rings. The van der Waals surface area contributed by atoms with Gasteiger partial charge in [-0.15, -0.1) is 0 Å². The van der Waals surface area contributed by atoms with Crippen LogP contribution in [-0.4, -0.2) is 0 Å². The van der Waals surface area contributed by atoms with E-state index in [0.29, 0.717) is 11.1 Å². The second kappa shape index (κ2) is 6.26. The van der Waals surface area contributed by atoms with Gasteiger partial charge in [0, 0.05) is 6.07 Å². The normalized spacial score (nSPS) is 12.4. The number of halogens is 4. The lowest BCUT2D eigenvalue weighted by atomic mass is 9.99. The molecular weight excluding hydrogens is 289 g/mol. The van der Waals surface area contributed by atoms with Crippen LogP contribution >= 0.6 is 11.6 Å². The zero-order valence-corrected chi connectivity index (χ0v) is 11.1. The molecule has 0 amide bonds. The second-order valence-electron chi connectivity index (χ2n) is 4.37. The SMILES string of the molecule is NNC(Cc1ccc(Cl)c(F)c1)c1cc(F)cc(F)c1. The minimum atomic E-state index is -0.692. The minimum absolute atomic E-state index is 0.0165. The summed E-state index contributed by atoms with van der Waals surface area (Å²) in [5.74, 6) is 3.47. The van der Waals surface area contributed by atoms with E-state index in [9.17, 15) is 13.2 Å². The highest BCUT2D eigenvalue weighted by Gasteiger charge is 2.14. The van der Waals surface area contributed by atoms with Gasteiger partial charge in [0.2, 0.25) is 0 Å². The number of hydrazine groups is 1. The van der Waals surface area contributed by atoms with Gasteiger partial charge in [-0.05, 0) is 41.8 Å². The molecule has 0 aliphatic rings. The maximum atomic E-state index is 13.4. The van der Waals surface area contributed by atoms with Gasteiger partial charge >= 0.3 is 0 Å². The van der Waals surface area contributed by atoms with Crippen molar-refractivity contribution < 1.29 is 13.2 Å². The zero-order valence-electron chi connectivity index (χ0n) is 10.3. The summed E-state index contributed by atoms with van der Waals surface area (Å²) in [5, 5.41) is 0.0165. The average Bonchev–Trinajstić information content (AvgIpc) is 2.38. The second-order valence-corrected chi connectivity index (χ2v) is 4.78. The summed E-state index contributed by atoms with van der Waals surface area (Å²) in [4.78, 5) is 0. The Morgan fingerprint density at radius 1 is 1.05 bits per heavy atom. The van der Waals surface area contributed by atoms with Crippen LogP contribution in [-0.2, 0) is 6.42 Å². The van der Waals surface area contributed by atoms with Crippen LogP contribution in [0.1, 0.15) is 17.2 Å². The lowest BCUT2D eigenvalue weighted by molar-refractivity contribution is 0.528. The van der Waals surface area contributed by atoms with Crippen molar-refractivity contribution in [3.8, 4) is 0 Å². The van der Waals surface area contributed by atoms with E-state index < -0.39 is 23.5 Å². The highest BCUT2D eigenvalue weighted by Crippen LogP contribution is 2.22. The van der Waals surface area contributed by atoms with E-state index in [1.54, 1.807) is 6.07 Å². The Labute approximate surface area is 119 Å². The Morgan fingerprint density at radius 3 is 2.25 bits per heavy atom. The molecule has 20 heavy (non-hydrogen) atoms. The van der Waals surface area contributed by atoms with Gasteiger partial charge in [0.25, 0.3) is 0 Å². The maximum Gasteiger partial charge on any atom is 0.142 e. The van der Waals surface area contributed by atoms with Crippen LogP contribution in [0, 0.1) is 17.5 Å². The number of benzene rings is 2. The van der Waals surface area contributed by atoms with E-state index >= 15 is 0 Å². The topological polar surface area (TPSA) is 38.0 Å². The largest absolute Gasteiger partial charge is 0.271 e. The molecule has 1 unspecified atom stereocenters. The van der Waals surface area contributed by atoms with Crippen molar-refractivity contribution in [3.05, 3.63) is 70.0 Å². The molecule has 0 saturated heterocycles. The van der Waals surface area contributed by atoms with E-state index in [0.717, 1.165) is 6.07 Å². The van der Waals surface area contributed by atoms with E-state index in [1.807, 2.05) is 0 Å². The number of nitrogens with one attached hydrogen (secondary N) is 1. The van der Waals surface area contributed by atoms with Crippen LogP contribution < -0.4 is 11.3 Å². The quantitative estimate of drug-likeness (QED) is 0.670. The van der Waals surface area contributed by atoms with Crippen LogP contribution in [0.25, 0.3) is 0 Å². The first kappa shape index (κ1) is 14.8. The molecule has 2 aromatic carbocycles. The van der Waals surface area contributed by atoms with Crippen molar-refractivity contribution in [2.24, 2.45) is 5.84 Å². The number of hydrogen-bond acceptors (Lipinski definition) is 2. The van der Waals surface area contributed by atoms with Gasteiger partial charge in [0.15, 0.2) is 0 Å². The van der Waals surface area contributed by atoms with Crippen molar-refractivity contribution in [1.82, 2.24) is 5.43 Å². The molecule has 0 spiro atoms. The molecule has 0 aromatic heterocycles. The van der Waals surface area contributed by atoms with Crippen molar-refractivity contribution >= 4 is 11.6 Å². The Bertz CT molecular complexity index is 599. The third kappa shape index (κ3) is 3.50. The third-order valence-electron chi connectivity index (χ3n) is 2.91. The molecule has 2 nitrogen and oxygen atoms in total. The minimum Gasteiger partial charge on any atom is -0.271 e. The summed E-state index contributed by atoms with van der Waals surface area (Å²) in [7, 11) is 0. The average molecular weight is 301 g/mol. The zero-order chi connectivity index (χ0) is 14.7. The lowest BCUT2D eigenvalue weighted by Gasteiger charge is -2.17. The highest BCUT2D eigenvalue weighted by molar-refractivity contribution is 6.30. The summed E-state index contributed by atoms with van der Waals surface area (Å²) in [5.41, 5.74) is 3.42. The molecule has 2 aromatic rings. The first-order chi connectivity index (χ1) is 9.49. The summed E-state index contributed by atoms with van der Waals surface area (Å²) < 4.78 is 39.7. The predicted molar refractivity (Wildman–Crippen MR) is 71.5 cm³/mol. The summed E-state index contributed by atoms with van der Waals surface area (Å²) in [6.07, 6.45) is 0.271. The summed E-state index contributed by atoms with van der Waals surface area (Å²) >= 11 is 5.60. The Kier molecular flexibility index (Phi) is 4.65. The Balaban J connectivity index is 2.26. The van der Waals surface area contributed by atoms with Crippen LogP contribution in [0.15, 0.2) is 36.4 Å². The fraction of sp³-hybridized carbons (Fsp3) is 0.143. The standard InChI is InChI=1S/C14H12ClF3N2/c15-12-2-1-8(3-13(12)18)4-14(20-19)9-5-10(16)7-11(17)6-9/h1-3,5-7,14,20H,4,19H2. The van der Waals surface area contributed by atoms with Crippen LogP contribution in [0.4, 0.5) is 13.2 Å². The first-order valence-electron chi connectivity index (χ1n) is 5.85. The van der Waals surface area contributed by atoms with Gasteiger partial charge in [0.05, 0.1) is 11.1 Å². The highest BCUT2D eigenvalue weighted by atomic mass is 35.5. The number of nitrogens with two attached hydrogens (primary N) is 1. The van der Waals surface area contributed by atoms with Gasteiger partial charge < -0.3 is 0 Å². The van der Waals surface area contributed by atoms with Crippen molar-refractivity contribution in [2.45, 2.75) is 12.5 Å². The fourth-order valence-corrected chi connectivity index (χ4v) is 2.07. The molecule has 0 saturated carbocycles. The van der Waals surface area contributed by atoms with Crippen LogP contribution in [0.5, 0.6) is 0 Å². The maximum absolute atomic E-state index is 13.4. The molecule has 0 aliphatic heterocycles. The summed E-state index contributed by atoms with van der Waals surface area (Å²) in [6, 6.07) is 6.92. The fourth-order valence-electron chi connectivity index (χ4n) is 1.95. The van der Waals surface area contributed by atoms with E-state index in [4.69, 9.17) is 17.4 Å². The van der Waals surface area contributed by atoms with E-state index in [1.165, 1.54) is 24.3 Å². The van der Waals surface area contributed by atoms with Crippen molar-refractivity contribution in [1.29, 1.82) is 0 Å². The molecule has 106 valence electrons. The Hall–Kier alpha value is -1.56.